The number of nitrogens with zero attached hydrogens (tertiary/aromatic N) is 1. The van der Waals surface area contributed by atoms with E-state index in [2.05, 4.69) is 15.8 Å². The van der Waals surface area contributed by atoms with Crippen molar-refractivity contribution >= 4 is 24.1 Å². The van der Waals surface area contributed by atoms with Crippen LogP contribution in [-0.2, 0) is 4.79 Å². The Balaban J connectivity index is 1.79. The van der Waals surface area contributed by atoms with Gasteiger partial charge < -0.3 is 15.2 Å². The van der Waals surface area contributed by atoms with Crippen molar-refractivity contribution < 1.29 is 19.4 Å². The molecule has 33 heavy (non-hydrogen) atoms. The van der Waals surface area contributed by atoms with Gasteiger partial charge in [-0.1, -0.05) is 49.4 Å². The third-order valence-corrected chi connectivity index (χ3v) is 4.50. The van der Waals surface area contributed by atoms with Crippen molar-refractivity contribution in [1.82, 2.24) is 10.7 Å². The summed E-state index contributed by atoms with van der Waals surface area (Å²) in [5, 5.41) is 16.4. The zero-order valence-electron chi connectivity index (χ0n) is 18.2. The maximum absolute atomic E-state index is 12.8. The van der Waals surface area contributed by atoms with Gasteiger partial charge in [-0.05, 0) is 54.5 Å². The quantitative estimate of drug-likeness (QED) is 0.263. The van der Waals surface area contributed by atoms with Crippen molar-refractivity contribution in [3.05, 3.63) is 101 Å². The molecule has 0 saturated carbocycles. The lowest BCUT2D eigenvalue weighted by Crippen LogP contribution is -2.32. The molecule has 0 bridgehead atoms. The number of amides is 2. The van der Waals surface area contributed by atoms with Crippen molar-refractivity contribution in [2.75, 3.05) is 6.61 Å². The van der Waals surface area contributed by atoms with Crippen LogP contribution >= 0.6 is 0 Å². The van der Waals surface area contributed by atoms with Crippen molar-refractivity contribution in [3.8, 4) is 11.5 Å². The van der Waals surface area contributed by atoms with E-state index in [1.807, 2.05) is 6.92 Å². The smallest absolute Gasteiger partial charge is 0.287 e. The Kier molecular flexibility index (Phi) is 8.36. The van der Waals surface area contributed by atoms with E-state index in [-0.39, 0.29) is 11.4 Å². The highest BCUT2D eigenvalue weighted by molar-refractivity contribution is 6.05. The SMILES string of the molecule is CCCOc1ccc(/C=C(\NC(=O)c2ccccc2)C(=O)N/N=C/c2ccccc2O)cc1. The summed E-state index contributed by atoms with van der Waals surface area (Å²) in [5.74, 6) is -0.281. The van der Waals surface area contributed by atoms with Gasteiger partial charge in [-0.25, -0.2) is 5.43 Å². The summed E-state index contributed by atoms with van der Waals surface area (Å²) in [6.07, 6.45) is 3.78. The molecule has 7 heteroatoms. The fraction of sp³-hybridized carbons (Fsp3) is 0.115. The minimum Gasteiger partial charge on any atom is -0.507 e. The van der Waals surface area contributed by atoms with Gasteiger partial charge in [-0.3, -0.25) is 9.59 Å². The number of benzene rings is 3. The third-order valence-electron chi connectivity index (χ3n) is 4.50. The average Bonchev–Trinajstić information content (AvgIpc) is 2.84. The van der Waals surface area contributed by atoms with Gasteiger partial charge in [0.25, 0.3) is 11.8 Å². The van der Waals surface area contributed by atoms with Gasteiger partial charge in [0.1, 0.15) is 17.2 Å². The largest absolute Gasteiger partial charge is 0.507 e. The normalized spacial score (nSPS) is 11.2. The van der Waals surface area contributed by atoms with Crippen LogP contribution in [0.3, 0.4) is 0 Å². The molecule has 0 spiro atoms. The molecule has 3 aromatic carbocycles. The summed E-state index contributed by atoms with van der Waals surface area (Å²) in [7, 11) is 0. The summed E-state index contributed by atoms with van der Waals surface area (Å²) in [6.45, 7) is 2.64. The minimum atomic E-state index is -0.614. The van der Waals surface area contributed by atoms with E-state index in [1.165, 1.54) is 12.3 Å². The van der Waals surface area contributed by atoms with Crippen LogP contribution in [0.4, 0.5) is 0 Å². The summed E-state index contributed by atoms with van der Waals surface area (Å²) in [6, 6.07) is 22.4. The third kappa shape index (κ3) is 7.07. The molecule has 0 aliphatic rings. The molecule has 0 unspecified atom stereocenters. The van der Waals surface area contributed by atoms with Crippen LogP contribution in [0.15, 0.2) is 89.7 Å². The maximum atomic E-state index is 12.8. The van der Waals surface area contributed by atoms with E-state index in [1.54, 1.807) is 78.9 Å². The van der Waals surface area contributed by atoms with Gasteiger partial charge in [0, 0.05) is 11.1 Å². The number of hydrogen-bond acceptors (Lipinski definition) is 5. The minimum absolute atomic E-state index is 0.0144. The Bertz CT molecular complexity index is 1140. The van der Waals surface area contributed by atoms with E-state index in [9.17, 15) is 14.7 Å². The molecule has 168 valence electrons. The first-order valence-electron chi connectivity index (χ1n) is 10.5. The van der Waals surface area contributed by atoms with E-state index in [4.69, 9.17) is 4.74 Å². The van der Waals surface area contributed by atoms with Crippen LogP contribution < -0.4 is 15.5 Å². The Labute approximate surface area is 192 Å². The second-order valence-corrected chi connectivity index (χ2v) is 7.05. The molecule has 7 nitrogen and oxygen atoms in total. The van der Waals surface area contributed by atoms with E-state index >= 15 is 0 Å². The number of nitrogens with one attached hydrogen (secondary N) is 2. The number of aromatic hydroxyl groups is 1. The predicted molar refractivity (Wildman–Crippen MR) is 128 cm³/mol. The summed E-state index contributed by atoms with van der Waals surface area (Å²) < 4.78 is 5.58. The molecule has 0 fully saturated rings. The highest BCUT2D eigenvalue weighted by atomic mass is 16.5. The number of rotatable bonds is 9. The molecule has 0 atom stereocenters. The zero-order chi connectivity index (χ0) is 23.5. The Morgan fingerprint density at radius 1 is 0.970 bits per heavy atom. The van der Waals surface area contributed by atoms with Crippen LogP contribution in [0.2, 0.25) is 0 Å². The predicted octanol–water partition coefficient (Wildman–Crippen LogP) is 4.10. The van der Waals surface area contributed by atoms with Gasteiger partial charge in [0.05, 0.1) is 12.8 Å². The van der Waals surface area contributed by atoms with Crippen molar-refractivity contribution in [3.63, 3.8) is 0 Å². The van der Waals surface area contributed by atoms with Crippen LogP contribution in [0, 0.1) is 0 Å². The number of hydrogen-bond donors (Lipinski definition) is 3. The maximum Gasteiger partial charge on any atom is 0.287 e. The number of phenols is 1. The van der Waals surface area contributed by atoms with E-state index in [0.29, 0.717) is 23.3 Å². The standard InChI is InChI=1S/C26H25N3O4/c1-2-16-33-22-14-12-19(13-15-22)17-23(28-25(31)20-8-4-3-5-9-20)26(32)29-27-18-21-10-6-7-11-24(21)30/h3-15,17-18,30H,2,16H2,1H3,(H,28,31)(H,29,32)/b23-17-,27-18+. The molecular formula is C26H25N3O4. The molecule has 2 amide bonds. The van der Waals surface area contributed by atoms with Gasteiger partial charge in [0.2, 0.25) is 0 Å². The Hall–Kier alpha value is -4.39. The Morgan fingerprint density at radius 2 is 1.67 bits per heavy atom. The second-order valence-electron chi connectivity index (χ2n) is 7.05. The lowest BCUT2D eigenvalue weighted by atomic mass is 10.1. The summed E-state index contributed by atoms with van der Waals surface area (Å²) in [5.41, 5.74) is 3.96. The van der Waals surface area contributed by atoms with Gasteiger partial charge >= 0.3 is 0 Å². The van der Waals surface area contributed by atoms with Crippen LogP contribution in [0.1, 0.15) is 34.8 Å². The molecule has 0 aliphatic carbocycles. The molecule has 0 heterocycles. The molecular weight excluding hydrogens is 418 g/mol. The first kappa shape index (κ1) is 23.3. The Morgan fingerprint density at radius 3 is 2.36 bits per heavy atom. The number of phenolic OH excluding ortho intramolecular Hbond substituents is 1. The molecule has 0 aromatic heterocycles. The van der Waals surface area contributed by atoms with Crippen molar-refractivity contribution in [2.45, 2.75) is 13.3 Å². The highest BCUT2D eigenvalue weighted by Gasteiger charge is 2.14. The van der Waals surface area contributed by atoms with Crippen LogP contribution in [0.5, 0.6) is 11.5 Å². The number of carbonyl (C=O) groups is 2. The van der Waals surface area contributed by atoms with Crippen LogP contribution in [-0.4, -0.2) is 29.7 Å². The monoisotopic (exact) mass is 443 g/mol. The number of para-hydroxylation sites is 1. The highest BCUT2D eigenvalue weighted by Crippen LogP contribution is 2.15. The van der Waals surface area contributed by atoms with Crippen LogP contribution in [0.25, 0.3) is 6.08 Å². The fourth-order valence-corrected chi connectivity index (χ4v) is 2.81. The number of hydrazone groups is 1. The van der Waals surface area contributed by atoms with Crippen molar-refractivity contribution in [1.29, 1.82) is 0 Å². The van der Waals surface area contributed by atoms with E-state index in [0.717, 1.165) is 12.2 Å². The molecule has 3 aromatic rings. The number of ether oxygens (including phenoxy) is 1. The van der Waals surface area contributed by atoms with Gasteiger partial charge in [0.15, 0.2) is 0 Å². The average molecular weight is 444 g/mol. The lowest BCUT2D eigenvalue weighted by molar-refractivity contribution is -0.117. The molecule has 3 N–H and O–H groups in total. The fourth-order valence-electron chi connectivity index (χ4n) is 2.81. The molecule has 0 radical (unpaired) electrons. The first-order valence-corrected chi connectivity index (χ1v) is 10.5. The molecule has 0 saturated heterocycles. The zero-order valence-corrected chi connectivity index (χ0v) is 18.2. The summed E-state index contributed by atoms with van der Waals surface area (Å²) >= 11 is 0. The lowest BCUT2D eigenvalue weighted by Gasteiger charge is -2.10. The van der Waals surface area contributed by atoms with Gasteiger partial charge in [-0.2, -0.15) is 5.10 Å². The number of carbonyl (C=O) groups excluding carboxylic acids is 2. The topological polar surface area (TPSA) is 100 Å². The van der Waals surface area contributed by atoms with Gasteiger partial charge in [-0.15, -0.1) is 0 Å². The molecule has 3 rings (SSSR count). The summed E-state index contributed by atoms with van der Waals surface area (Å²) in [4.78, 5) is 25.4. The first-order chi connectivity index (χ1) is 16.1. The van der Waals surface area contributed by atoms with Crippen molar-refractivity contribution in [2.24, 2.45) is 5.10 Å². The second kappa shape index (κ2) is 11.9. The molecule has 0 aliphatic heterocycles. The van der Waals surface area contributed by atoms with E-state index < -0.39 is 11.8 Å².